The van der Waals surface area contributed by atoms with E-state index >= 15 is 0 Å². The van der Waals surface area contributed by atoms with Crippen LogP contribution < -0.4 is 0 Å². The van der Waals surface area contributed by atoms with E-state index in [0.29, 0.717) is 12.5 Å². The Hall–Kier alpha value is -3.39. The second-order valence-corrected chi connectivity index (χ2v) is 10.4. The second kappa shape index (κ2) is 7.81. The van der Waals surface area contributed by atoms with Crippen molar-refractivity contribution in [3.63, 3.8) is 0 Å². The Morgan fingerprint density at radius 2 is 2.00 bits per heavy atom. The molecule has 5 heterocycles. The van der Waals surface area contributed by atoms with Crippen LogP contribution in [0.4, 0.5) is 0 Å². The largest absolute Gasteiger partial charge is 0.357 e. The molecule has 1 aromatic carbocycles. The third-order valence-corrected chi connectivity index (χ3v) is 7.80. The molecule has 0 N–H and O–H groups in total. The number of halogens is 1. The Balaban J connectivity index is 1.19. The molecule has 35 heavy (non-hydrogen) atoms. The van der Waals surface area contributed by atoms with Crippen molar-refractivity contribution in [1.82, 2.24) is 34.3 Å². The van der Waals surface area contributed by atoms with Crippen LogP contribution in [0.2, 0.25) is 5.02 Å². The molecule has 0 bridgehead atoms. The van der Waals surface area contributed by atoms with Crippen LogP contribution in [0.3, 0.4) is 0 Å². The molecule has 2 aromatic heterocycles. The molecule has 2 unspecified atom stereocenters. The molecule has 3 aromatic rings. The number of aromatic nitrogens is 5. The van der Waals surface area contributed by atoms with Gasteiger partial charge in [-0.2, -0.15) is 5.10 Å². The zero-order valence-electron chi connectivity index (χ0n) is 19.5. The van der Waals surface area contributed by atoms with Crippen molar-refractivity contribution in [2.24, 2.45) is 5.92 Å². The number of carbonyl (C=O) groups is 1. The Labute approximate surface area is 208 Å². The number of amides is 1. The SMILES string of the molecule is Cc1nnc2n1C1C=C(c3ccn(C4CN(C(=O)C5CC5)C4)n3)N(Cc3cccc(Cl)c3)C1C=C2. The van der Waals surface area contributed by atoms with Gasteiger partial charge in [-0.05, 0) is 55.7 Å². The van der Waals surface area contributed by atoms with Crippen molar-refractivity contribution in [2.45, 2.75) is 44.4 Å². The summed E-state index contributed by atoms with van der Waals surface area (Å²) in [5, 5.41) is 14.3. The molecular weight excluding hydrogens is 462 g/mol. The van der Waals surface area contributed by atoms with E-state index in [1.165, 1.54) is 0 Å². The van der Waals surface area contributed by atoms with Crippen molar-refractivity contribution < 1.29 is 4.79 Å². The summed E-state index contributed by atoms with van der Waals surface area (Å²) in [6.07, 6.45) is 10.7. The third-order valence-electron chi connectivity index (χ3n) is 7.57. The van der Waals surface area contributed by atoms with Gasteiger partial charge in [0.1, 0.15) is 11.5 Å². The number of carbonyl (C=O) groups excluding carboxylic acids is 1. The topological polar surface area (TPSA) is 72.1 Å². The van der Waals surface area contributed by atoms with E-state index in [4.69, 9.17) is 16.7 Å². The maximum atomic E-state index is 12.3. The third kappa shape index (κ3) is 3.50. The summed E-state index contributed by atoms with van der Waals surface area (Å²) in [6.45, 7) is 4.21. The Morgan fingerprint density at radius 3 is 2.80 bits per heavy atom. The van der Waals surface area contributed by atoms with Gasteiger partial charge in [-0.1, -0.05) is 29.8 Å². The number of aryl methyl sites for hydroxylation is 1. The van der Waals surface area contributed by atoms with Crippen LogP contribution >= 0.6 is 11.6 Å². The van der Waals surface area contributed by atoms with E-state index in [2.05, 4.69) is 50.0 Å². The fourth-order valence-electron chi connectivity index (χ4n) is 5.52. The molecular formula is C26H26ClN7O. The first-order valence-corrected chi connectivity index (χ1v) is 12.6. The number of hydrogen-bond acceptors (Lipinski definition) is 5. The van der Waals surface area contributed by atoms with Crippen LogP contribution in [-0.2, 0) is 11.3 Å². The Morgan fingerprint density at radius 1 is 1.14 bits per heavy atom. The molecule has 1 saturated heterocycles. The predicted octanol–water partition coefficient (Wildman–Crippen LogP) is 3.72. The molecule has 0 radical (unpaired) electrons. The summed E-state index contributed by atoms with van der Waals surface area (Å²) in [5.41, 5.74) is 3.18. The van der Waals surface area contributed by atoms with Crippen LogP contribution in [0.25, 0.3) is 11.8 Å². The lowest BCUT2D eigenvalue weighted by atomic mass is 10.1. The van der Waals surface area contributed by atoms with E-state index in [-0.39, 0.29) is 24.0 Å². The van der Waals surface area contributed by atoms with Crippen molar-refractivity contribution >= 4 is 29.3 Å². The van der Waals surface area contributed by atoms with Gasteiger partial charge in [0.05, 0.1) is 23.8 Å². The summed E-state index contributed by atoms with van der Waals surface area (Å²) >= 11 is 6.30. The van der Waals surface area contributed by atoms with Crippen molar-refractivity contribution in [3.8, 4) is 0 Å². The fraction of sp³-hybridized carbons (Fsp3) is 0.385. The molecule has 1 amide bonds. The van der Waals surface area contributed by atoms with E-state index in [1.807, 2.05) is 40.9 Å². The summed E-state index contributed by atoms with van der Waals surface area (Å²) in [4.78, 5) is 16.7. The molecule has 3 aliphatic heterocycles. The van der Waals surface area contributed by atoms with Crippen LogP contribution in [0.1, 0.15) is 47.8 Å². The number of fused-ring (bicyclic) bond motifs is 3. The van der Waals surface area contributed by atoms with Gasteiger partial charge in [-0.15, -0.1) is 10.2 Å². The number of likely N-dealkylation sites (tertiary alicyclic amines) is 1. The number of hydrogen-bond donors (Lipinski definition) is 0. The quantitative estimate of drug-likeness (QED) is 0.548. The molecule has 178 valence electrons. The van der Waals surface area contributed by atoms with Gasteiger partial charge in [0.2, 0.25) is 5.91 Å². The first-order valence-electron chi connectivity index (χ1n) is 12.2. The first kappa shape index (κ1) is 20.9. The molecule has 2 atom stereocenters. The normalized spacial score (nSPS) is 23.2. The van der Waals surface area contributed by atoms with Gasteiger partial charge >= 0.3 is 0 Å². The average molecular weight is 488 g/mol. The monoisotopic (exact) mass is 487 g/mol. The Bertz CT molecular complexity index is 1380. The standard InChI is InChI=1S/C26H26ClN7O/c1-16-28-29-25-8-7-22-24(34(16)25)12-23(32(22)13-17-3-2-4-19(27)11-17)21-9-10-33(30-21)20-14-31(15-20)26(35)18-5-6-18/h2-4,7-12,18,20,22,24H,5-6,13-15H2,1H3. The van der Waals surface area contributed by atoms with Crippen molar-refractivity contribution in [3.05, 3.63) is 76.6 Å². The lowest BCUT2D eigenvalue weighted by Crippen LogP contribution is -2.51. The summed E-state index contributed by atoms with van der Waals surface area (Å²) < 4.78 is 4.23. The highest BCUT2D eigenvalue weighted by molar-refractivity contribution is 6.30. The van der Waals surface area contributed by atoms with Crippen molar-refractivity contribution in [1.29, 1.82) is 0 Å². The number of nitrogens with zero attached hydrogens (tertiary/aromatic N) is 7. The molecule has 2 fully saturated rings. The van der Waals surface area contributed by atoms with Crippen LogP contribution in [-0.4, -0.2) is 59.4 Å². The number of benzene rings is 1. The van der Waals surface area contributed by atoms with E-state index in [1.54, 1.807) is 0 Å². The highest BCUT2D eigenvalue weighted by atomic mass is 35.5. The van der Waals surface area contributed by atoms with Crippen LogP contribution in [0.15, 0.2) is 48.7 Å². The minimum absolute atomic E-state index is 0.0969. The molecule has 0 spiro atoms. The van der Waals surface area contributed by atoms with Gasteiger partial charge in [-0.3, -0.25) is 9.48 Å². The Kier molecular flexibility index (Phi) is 4.67. The fourth-order valence-corrected chi connectivity index (χ4v) is 5.74. The van der Waals surface area contributed by atoms with Gasteiger partial charge in [-0.25, -0.2) is 0 Å². The molecule has 1 aliphatic carbocycles. The second-order valence-electron chi connectivity index (χ2n) is 9.98. The predicted molar refractivity (Wildman–Crippen MR) is 132 cm³/mol. The van der Waals surface area contributed by atoms with Gasteiger partial charge in [0, 0.05) is 36.8 Å². The number of rotatable bonds is 5. The van der Waals surface area contributed by atoms with Crippen molar-refractivity contribution in [2.75, 3.05) is 13.1 Å². The highest BCUT2D eigenvalue weighted by Gasteiger charge is 2.41. The van der Waals surface area contributed by atoms with Crippen LogP contribution in [0.5, 0.6) is 0 Å². The zero-order chi connectivity index (χ0) is 23.7. The molecule has 9 heteroatoms. The molecule has 8 nitrogen and oxygen atoms in total. The maximum absolute atomic E-state index is 12.3. The summed E-state index contributed by atoms with van der Waals surface area (Å²) in [7, 11) is 0. The van der Waals surface area contributed by atoms with Gasteiger partial charge < -0.3 is 14.4 Å². The minimum Gasteiger partial charge on any atom is -0.357 e. The zero-order valence-corrected chi connectivity index (χ0v) is 20.2. The minimum atomic E-state index is 0.0969. The first-order chi connectivity index (χ1) is 17.0. The molecule has 4 aliphatic rings. The van der Waals surface area contributed by atoms with E-state index in [9.17, 15) is 4.79 Å². The molecule has 1 saturated carbocycles. The van der Waals surface area contributed by atoms with Gasteiger partial charge in [0.15, 0.2) is 5.82 Å². The highest BCUT2D eigenvalue weighted by Crippen LogP contribution is 2.41. The summed E-state index contributed by atoms with van der Waals surface area (Å²) in [6, 6.07) is 10.6. The van der Waals surface area contributed by atoms with E-state index in [0.717, 1.165) is 59.6 Å². The molecule has 7 rings (SSSR count). The average Bonchev–Trinajstić information content (AvgIpc) is 3.29. The van der Waals surface area contributed by atoms with E-state index < -0.39 is 0 Å². The summed E-state index contributed by atoms with van der Waals surface area (Å²) in [5.74, 6) is 2.37. The van der Waals surface area contributed by atoms with Gasteiger partial charge in [0.25, 0.3) is 0 Å². The maximum Gasteiger partial charge on any atom is 0.225 e. The lowest BCUT2D eigenvalue weighted by Gasteiger charge is -2.39. The van der Waals surface area contributed by atoms with Crippen LogP contribution in [0, 0.1) is 12.8 Å². The lowest BCUT2D eigenvalue weighted by molar-refractivity contribution is -0.138. The smallest absolute Gasteiger partial charge is 0.225 e.